The Bertz CT molecular complexity index is 556. The van der Waals surface area contributed by atoms with Gasteiger partial charge in [-0.1, -0.05) is 19.1 Å². The normalized spacial score (nSPS) is 10.8. The summed E-state index contributed by atoms with van der Waals surface area (Å²) in [6.07, 6.45) is 2.08. The zero-order valence-electron chi connectivity index (χ0n) is 12.5. The largest absolute Gasteiger partial charge is 0.313 e. The van der Waals surface area contributed by atoms with Crippen molar-refractivity contribution in [2.75, 3.05) is 12.8 Å². The maximum absolute atomic E-state index is 4.65. The third-order valence-electron chi connectivity index (χ3n) is 3.32. The molecular weight excluding hydrogens is 266 g/mol. The van der Waals surface area contributed by atoms with Gasteiger partial charge in [0.05, 0.1) is 0 Å². The van der Waals surface area contributed by atoms with E-state index in [1.165, 1.54) is 10.5 Å². The van der Waals surface area contributed by atoms with Gasteiger partial charge in [-0.3, -0.25) is 0 Å². The summed E-state index contributed by atoms with van der Waals surface area (Å²) in [6, 6.07) is 8.40. The predicted octanol–water partition coefficient (Wildman–Crippen LogP) is 3.59. The van der Waals surface area contributed by atoms with Crippen LogP contribution in [0.1, 0.15) is 23.9 Å². The molecule has 0 aliphatic carbocycles. The van der Waals surface area contributed by atoms with E-state index in [9.17, 15) is 0 Å². The van der Waals surface area contributed by atoms with E-state index in [1.54, 1.807) is 11.8 Å². The van der Waals surface area contributed by atoms with E-state index in [1.807, 2.05) is 0 Å². The number of aryl methyl sites for hydroxylation is 2. The Balaban J connectivity index is 2.33. The van der Waals surface area contributed by atoms with Crippen LogP contribution >= 0.6 is 11.8 Å². The Morgan fingerprint density at radius 2 is 1.65 bits per heavy atom. The summed E-state index contributed by atoms with van der Waals surface area (Å²) in [6.45, 7) is 8.01. The molecule has 3 nitrogen and oxygen atoms in total. The zero-order chi connectivity index (χ0) is 14.5. The second kappa shape index (κ2) is 6.86. The molecule has 106 valence electrons. The number of hydrogen-bond acceptors (Lipinski definition) is 4. The summed E-state index contributed by atoms with van der Waals surface area (Å²) in [5, 5.41) is 3.34. The molecule has 1 aromatic heterocycles. The van der Waals surface area contributed by atoms with Gasteiger partial charge in [0, 0.05) is 34.0 Å². The van der Waals surface area contributed by atoms with E-state index in [0.717, 1.165) is 35.9 Å². The molecule has 4 heteroatoms. The Morgan fingerprint density at radius 3 is 2.15 bits per heavy atom. The minimum atomic E-state index is 0.813. The molecule has 0 spiro atoms. The fraction of sp³-hybridized carbons (Fsp3) is 0.375. The van der Waals surface area contributed by atoms with Crippen LogP contribution in [0, 0.1) is 13.8 Å². The van der Waals surface area contributed by atoms with Gasteiger partial charge in [-0.2, -0.15) is 0 Å². The summed E-state index contributed by atoms with van der Waals surface area (Å²) < 4.78 is 0. The first-order chi connectivity index (χ1) is 9.65. The van der Waals surface area contributed by atoms with Crippen LogP contribution in [-0.4, -0.2) is 22.8 Å². The summed E-state index contributed by atoms with van der Waals surface area (Å²) >= 11 is 1.74. The van der Waals surface area contributed by atoms with Gasteiger partial charge >= 0.3 is 0 Å². The third-order valence-corrected chi connectivity index (χ3v) is 4.06. The second-order valence-electron chi connectivity index (χ2n) is 4.71. The van der Waals surface area contributed by atoms with Gasteiger partial charge in [0.25, 0.3) is 0 Å². The Morgan fingerprint density at radius 1 is 1.05 bits per heavy atom. The van der Waals surface area contributed by atoms with Crippen LogP contribution in [0.3, 0.4) is 0 Å². The van der Waals surface area contributed by atoms with Crippen molar-refractivity contribution in [3.05, 3.63) is 41.2 Å². The summed E-state index contributed by atoms with van der Waals surface area (Å²) in [5.41, 5.74) is 4.39. The lowest BCUT2D eigenvalue weighted by atomic mass is 10.1. The van der Waals surface area contributed by atoms with Crippen LogP contribution in [0.25, 0.3) is 11.4 Å². The average Bonchev–Trinajstić information content (AvgIpc) is 2.46. The number of aromatic nitrogens is 2. The highest BCUT2D eigenvalue weighted by Crippen LogP contribution is 2.22. The van der Waals surface area contributed by atoms with E-state index < -0.39 is 0 Å². The first kappa shape index (κ1) is 15.0. The lowest BCUT2D eigenvalue weighted by molar-refractivity contribution is 0.711. The molecule has 1 N–H and O–H groups in total. The SMILES string of the molecule is CCNCc1c(C)nc(-c2ccc(SC)cc2)nc1C. The number of rotatable bonds is 5. The minimum Gasteiger partial charge on any atom is -0.313 e. The van der Waals surface area contributed by atoms with E-state index in [2.05, 4.69) is 66.6 Å². The minimum absolute atomic E-state index is 0.813. The van der Waals surface area contributed by atoms with Crippen molar-refractivity contribution < 1.29 is 0 Å². The van der Waals surface area contributed by atoms with Crippen molar-refractivity contribution in [3.8, 4) is 11.4 Å². The van der Waals surface area contributed by atoms with Crippen molar-refractivity contribution in [2.45, 2.75) is 32.2 Å². The highest BCUT2D eigenvalue weighted by Gasteiger charge is 2.09. The van der Waals surface area contributed by atoms with Crippen molar-refractivity contribution in [1.29, 1.82) is 0 Å². The maximum Gasteiger partial charge on any atom is 0.159 e. The standard InChI is InChI=1S/C16H21N3S/c1-5-17-10-15-11(2)18-16(19-12(15)3)13-6-8-14(20-4)9-7-13/h6-9,17H,5,10H2,1-4H3. The molecule has 0 amide bonds. The zero-order valence-corrected chi connectivity index (χ0v) is 13.3. The van der Waals surface area contributed by atoms with Crippen LogP contribution in [0.15, 0.2) is 29.2 Å². The van der Waals surface area contributed by atoms with Crippen LogP contribution in [-0.2, 0) is 6.54 Å². The Labute approximate surface area is 125 Å². The molecule has 0 atom stereocenters. The van der Waals surface area contributed by atoms with Crippen molar-refractivity contribution >= 4 is 11.8 Å². The molecule has 0 radical (unpaired) electrons. The maximum atomic E-state index is 4.65. The lowest BCUT2D eigenvalue weighted by Gasteiger charge is -2.11. The highest BCUT2D eigenvalue weighted by atomic mass is 32.2. The molecule has 0 aliphatic heterocycles. The molecule has 0 bridgehead atoms. The predicted molar refractivity (Wildman–Crippen MR) is 86.1 cm³/mol. The smallest absolute Gasteiger partial charge is 0.159 e. The molecule has 0 saturated heterocycles. The molecule has 1 heterocycles. The van der Waals surface area contributed by atoms with Crippen molar-refractivity contribution in [2.24, 2.45) is 0 Å². The first-order valence-electron chi connectivity index (χ1n) is 6.85. The number of benzene rings is 1. The summed E-state index contributed by atoms with van der Waals surface area (Å²) in [5.74, 6) is 0.813. The summed E-state index contributed by atoms with van der Waals surface area (Å²) in [7, 11) is 0. The number of nitrogens with one attached hydrogen (secondary N) is 1. The number of thioether (sulfide) groups is 1. The van der Waals surface area contributed by atoms with E-state index in [0.29, 0.717) is 0 Å². The molecule has 2 aromatic rings. The average molecular weight is 287 g/mol. The fourth-order valence-corrected chi connectivity index (χ4v) is 2.52. The Hall–Kier alpha value is -1.39. The van der Waals surface area contributed by atoms with Gasteiger partial charge in [-0.05, 0) is 38.8 Å². The van der Waals surface area contributed by atoms with Crippen molar-refractivity contribution in [1.82, 2.24) is 15.3 Å². The molecule has 0 saturated carbocycles. The molecule has 1 aromatic carbocycles. The van der Waals surface area contributed by atoms with Gasteiger partial charge in [0.1, 0.15) is 0 Å². The second-order valence-corrected chi connectivity index (χ2v) is 5.59. The van der Waals surface area contributed by atoms with Crippen LogP contribution in [0.5, 0.6) is 0 Å². The highest BCUT2D eigenvalue weighted by molar-refractivity contribution is 7.98. The monoisotopic (exact) mass is 287 g/mol. The summed E-state index contributed by atoms with van der Waals surface area (Å²) in [4.78, 5) is 10.6. The lowest BCUT2D eigenvalue weighted by Crippen LogP contribution is -2.15. The van der Waals surface area contributed by atoms with E-state index in [4.69, 9.17) is 0 Å². The topological polar surface area (TPSA) is 37.8 Å². The quantitative estimate of drug-likeness (QED) is 0.853. The van der Waals surface area contributed by atoms with E-state index >= 15 is 0 Å². The molecular formula is C16H21N3S. The number of nitrogens with zero attached hydrogens (tertiary/aromatic N) is 2. The van der Waals surface area contributed by atoms with Gasteiger partial charge in [0.15, 0.2) is 5.82 Å². The van der Waals surface area contributed by atoms with Gasteiger partial charge in [0.2, 0.25) is 0 Å². The first-order valence-corrected chi connectivity index (χ1v) is 8.07. The molecule has 2 rings (SSSR count). The van der Waals surface area contributed by atoms with Crippen LogP contribution in [0.4, 0.5) is 0 Å². The van der Waals surface area contributed by atoms with Crippen LogP contribution in [0.2, 0.25) is 0 Å². The molecule has 20 heavy (non-hydrogen) atoms. The van der Waals surface area contributed by atoms with E-state index in [-0.39, 0.29) is 0 Å². The van der Waals surface area contributed by atoms with Gasteiger partial charge < -0.3 is 5.32 Å². The molecule has 0 fully saturated rings. The Kier molecular flexibility index (Phi) is 5.15. The van der Waals surface area contributed by atoms with Gasteiger partial charge in [-0.25, -0.2) is 9.97 Å². The van der Waals surface area contributed by atoms with Crippen molar-refractivity contribution in [3.63, 3.8) is 0 Å². The fourth-order valence-electron chi connectivity index (χ4n) is 2.11. The molecule has 0 aliphatic rings. The molecule has 0 unspecified atom stereocenters. The number of hydrogen-bond donors (Lipinski definition) is 1. The van der Waals surface area contributed by atoms with Gasteiger partial charge in [-0.15, -0.1) is 11.8 Å². The third kappa shape index (κ3) is 3.38. The van der Waals surface area contributed by atoms with Crippen LogP contribution < -0.4 is 5.32 Å².